The third kappa shape index (κ3) is 3.33. The number of hydrogen-bond acceptors (Lipinski definition) is 5. The van der Waals surface area contributed by atoms with Gasteiger partial charge in [-0.25, -0.2) is 9.97 Å². The van der Waals surface area contributed by atoms with Crippen LogP contribution in [-0.2, 0) is 5.60 Å². The Balaban J connectivity index is 2.09. The smallest absolute Gasteiger partial charge is 0.222 e. The largest absolute Gasteiger partial charge is 0.466 e. The predicted octanol–water partition coefficient (Wildman–Crippen LogP) is 2.77. The van der Waals surface area contributed by atoms with Gasteiger partial charge in [-0.3, -0.25) is 0 Å². The summed E-state index contributed by atoms with van der Waals surface area (Å²) in [5.74, 6) is 1.98. The van der Waals surface area contributed by atoms with Crippen molar-refractivity contribution in [3.8, 4) is 0 Å². The number of furan rings is 1. The van der Waals surface area contributed by atoms with E-state index in [0.29, 0.717) is 12.5 Å². The average molecular weight is 326 g/mol. The Morgan fingerprint density at radius 1 is 1.37 bits per heavy atom. The van der Waals surface area contributed by atoms with Gasteiger partial charge in [0, 0.05) is 18.0 Å². The molecule has 0 saturated carbocycles. The van der Waals surface area contributed by atoms with Gasteiger partial charge < -0.3 is 14.8 Å². The van der Waals surface area contributed by atoms with Crippen LogP contribution >= 0.6 is 15.9 Å². The maximum absolute atomic E-state index is 10.5. The summed E-state index contributed by atoms with van der Waals surface area (Å²) in [7, 11) is 0. The zero-order valence-electron chi connectivity index (χ0n) is 11.1. The maximum atomic E-state index is 10.5. The van der Waals surface area contributed by atoms with Crippen molar-refractivity contribution < 1.29 is 9.52 Å². The maximum Gasteiger partial charge on any atom is 0.222 e. The van der Waals surface area contributed by atoms with Gasteiger partial charge in [0.25, 0.3) is 0 Å². The van der Waals surface area contributed by atoms with Gasteiger partial charge in [-0.2, -0.15) is 0 Å². The SMILES string of the molecule is Cc1cc(C(C)(O)CNc2ncc(Br)cn2)c(C)o1. The lowest BCUT2D eigenvalue weighted by atomic mass is 9.96. The van der Waals surface area contributed by atoms with Gasteiger partial charge in [-0.05, 0) is 42.8 Å². The average Bonchev–Trinajstić information content (AvgIpc) is 2.69. The molecule has 2 N–H and O–H groups in total. The number of rotatable bonds is 4. The van der Waals surface area contributed by atoms with Crippen molar-refractivity contribution in [3.05, 3.63) is 40.0 Å². The lowest BCUT2D eigenvalue weighted by molar-refractivity contribution is 0.0697. The van der Waals surface area contributed by atoms with Crippen molar-refractivity contribution in [2.75, 3.05) is 11.9 Å². The molecular weight excluding hydrogens is 310 g/mol. The van der Waals surface area contributed by atoms with Crippen LogP contribution in [0.4, 0.5) is 5.95 Å². The molecule has 0 spiro atoms. The highest BCUT2D eigenvalue weighted by atomic mass is 79.9. The molecule has 0 radical (unpaired) electrons. The molecule has 1 unspecified atom stereocenters. The second-order valence-electron chi connectivity index (χ2n) is 4.68. The van der Waals surface area contributed by atoms with Gasteiger partial charge >= 0.3 is 0 Å². The van der Waals surface area contributed by atoms with Crippen LogP contribution in [0.15, 0.2) is 27.3 Å². The molecule has 2 aromatic heterocycles. The summed E-state index contributed by atoms with van der Waals surface area (Å²) in [5.41, 5.74) is -0.271. The first-order valence-electron chi connectivity index (χ1n) is 5.90. The van der Waals surface area contributed by atoms with Crippen LogP contribution in [0.25, 0.3) is 0 Å². The Morgan fingerprint density at radius 2 is 2.00 bits per heavy atom. The quantitative estimate of drug-likeness (QED) is 0.904. The molecule has 5 nitrogen and oxygen atoms in total. The molecule has 0 aliphatic heterocycles. The Labute approximate surface area is 120 Å². The normalized spacial score (nSPS) is 14.2. The van der Waals surface area contributed by atoms with Gasteiger partial charge in [0.05, 0.1) is 11.0 Å². The van der Waals surface area contributed by atoms with Crippen LogP contribution < -0.4 is 5.32 Å². The van der Waals surface area contributed by atoms with Gasteiger partial charge in [0.15, 0.2) is 0 Å². The Morgan fingerprint density at radius 3 is 2.53 bits per heavy atom. The minimum Gasteiger partial charge on any atom is -0.466 e. The number of halogens is 1. The van der Waals surface area contributed by atoms with Crippen molar-refractivity contribution in [2.24, 2.45) is 0 Å². The van der Waals surface area contributed by atoms with Gasteiger partial charge in [-0.1, -0.05) is 0 Å². The van der Waals surface area contributed by atoms with Crippen molar-refractivity contribution in [3.63, 3.8) is 0 Å². The van der Waals surface area contributed by atoms with E-state index in [2.05, 4.69) is 31.2 Å². The van der Waals surface area contributed by atoms with Crippen LogP contribution in [0.5, 0.6) is 0 Å². The molecule has 0 saturated heterocycles. The van der Waals surface area contributed by atoms with Gasteiger partial charge in [0.1, 0.15) is 17.1 Å². The van der Waals surface area contributed by atoms with Crippen LogP contribution in [0.1, 0.15) is 24.0 Å². The summed E-state index contributed by atoms with van der Waals surface area (Å²) in [6.07, 6.45) is 3.30. The van der Waals surface area contributed by atoms with Gasteiger partial charge in [-0.15, -0.1) is 0 Å². The van der Waals surface area contributed by atoms with Crippen LogP contribution in [-0.4, -0.2) is 21.6 Å². The Hall–Kier alpha value is -1.40. The number of nitrogens with zero attached hydrogens (tertiary/aromatic N) is 2. The molecule has 0 aliphatic rings. The van der Waals surface area contributed by atoms with E-state index in [4.69, 9.17) is 4.42 Å². The first-order valence-corrected chi connectivity index (χ1v) is 6.69. The van der Waals surface area contributed by atoms with Crippen molar-refractivity contribution in [1.82, 2.24) is 9.97 Å². The van der Waals surface area contributed by atoms with E-state index >= 15 is 0 Å². The predicted molar refractivity (Wildman–Crippen MR) is 76.0 cm³/mol. The Kier molecular flexibility index (Phi) is 3.91. The van der Waals surface area contributed by atoms with Crippen molar-refractivity contribution >= 4 is 21.9 Å². The van der Waals surface area contributed by atoms with Crippen molar-refractivity contribution in [1.29, 1.82) is 0 Å². The molecule has 0 fully saturated rings. The molecular formula is C13H16BrN3O2. The molecule has 0 aliphatic carbocycles. The van der Waals surface area contributed by atoms with E-state index in [1.807, 2.05) is 19.9 Å². The van der Waals surface area contributed by atoms with Crippen LogP contribution in [0.3, 0.4) is 0 Å². The van der Waals surface area contributed by atoms with E-state index in [-0.39, 0.29) is 0 Å². The fraction of sp³-hybridized carbons (Fsp3) is 0.385. The number of nitrogens with one attached hydrogen (secondary N) is 1. The topological polar surface area (TPSA) is 71.2 Å². The zero-order valence-corrected chi connectivity index (χ0v) is 12.7. The highest BCUT2D eigenvalue weighted by Gasteiger charge is 2.27. The zero-order chi connectivity index (χ0) is 14.0. The molecule has 0 amide bonds. The molecule has 2 heterocycles. The van der Waals surface area contributed by atoms with Gasteiger partial charge in [0.2, 0.25) is 5.95 Å². The van der Waals surface area contributed by atoms with Crippen LogP contribution in [0.2, 0.25) is 0 Å². The number of hydrogen-bond donors (Lipinski definition) is 2. The minimum atomic E-state index is -1.04. The van der Waals surface area contributed by atoms with Crippen molar-refractivity contribution in [2.45, 2.75) is 26.4 Å². The molecule has 2 aromatic rings. The molecule has 0 bridgehead atoms. The highest BCUT2D eigenvalue weighted by Crippen LogP contribution is 2.27. The summed E-state index contributed by atoms with van der Waals surface area (Å²) >= 11 is 3.27. The minimum absolute atomic E-state index is 0.300. The summed E-state index contributed by atoms with van der Waals surface area (Å²) < 4.78 is 6.25. The molecule has 1 atom stereocenters. The second kappa shape index (κ2) is 5.30. The molecule has 2 rings (SSSR count). The highest BCUT2D eigenvalue weighted by molar-refractivity contribution is 9.10. The number of aromatic nitrogens is 2. The first-order chi connectivity index (χ1) is 8.88. The van der Waals surface area contributed by atoms with Crippen LogP contribution in [0, 0.1) is 13.8 Å². The summed E-state index contributed by atoms with van der Waals surface area (Å²) in [4.78, 5) is 8.20. The lowest BCUT2D eigenvalue weighted by Crippen LogP contribution is -2.31. The molecule has 102 valence electrons. The fourth-order valence-corrected chi connectivity index (χ4v) is 2.12. The Bertz CT molecular complexity index is 564. The number of aryl methyl sites for hydroxylation is 2. The van der Waals surface area contributed by atoms with E-state index < -0.39 is 5.60 Å². The summed E-state index contributed by atoms with van der Waals surface area (Å²) in [6.45, 7) is 5.73. The molecule has 19 heavy (non-hydrogen) atoms. The second-order valence-corrected chi connectivity index (χ2v) is 5.59. The number of aliphatic hydroxyl groups is 1. The van der Waals surface area contributed by atoms with E-state index in [9.17, 15) is 5.11 Å². The third-order valence-corrected chi connectivity index (χ3v) is 3.24. The first kappa shape index (κ1) is 14.0. The monoisotopic (exact) mass is 325 g/mol. The van der Waals surface area contributed by atoms with E-state index in [1.54, 1.807) is 19.3 Å². The third-order valence-electron chi connectivity index (χ3n) is 2.83. The van der Waals surface area contributed by atoms with E-state index in [0.717, 1.165) is 21.6 Å². The lowest BCUT2D eigenvalue weighted by Gasteiger charge is -2.23. The molecule has 0 aromatic carbocycles. The summed E-state index contributed by atoms with van der Waals surface area (Å²) in [6, 6.07) is 1.85. The van der Waals surface area contributed by atoms with E-state index in [1.165, 1.54) is 0 Å². The standard InChI is InChI=1S/C13H16BrN3O2/c1-8-4-11(9(2)19-8)13(3,18)7-17-12-15-5-10(14)6-16-12/h4-6,18H,7H2,1-3H3,(H,15,16,17). The fourth-order valence-electron chi connectivity index (χ4n) is 1.92. The molecule has 6 heteroatoms. The summed E-state index contributed by atoms with van der Waals surface area (Å²) in [5, 5.41) is 13.5. The number of anilines is 1.